The van der Waals surface area contributed by atoms with Crippen LogP contribution in [0.4, 0.5) is 5.82 Å². The number of aromatic nitrogens is 2. The maximum absolute atomic E-state index is 12.2. The maximum atomic E-state index is 12.2. The first-order valence-corrected chi connectivity index (χ1v) is 8.17. The molecule has 1 aliphatic rings. The lowest BCUT2D eigenvalue weighted by Gasteiger charge is -2.30. The SMILES string of the molecule is Cc1cc(NC(=O)/C=C/c2ccccc2)n(C2NC(=O)CC(C)N2)n1. The van der Waals surface area contributed by atoms with E-state index in [2.05, 4.69) is 21.0 Å². The number of hydrogen-bond acceptors (Lipinski definition) is 4. The molecule has 3 rings (SSSR count). The van der Waals surface area contributed by atoms with Gasteiger partial charge in [0.1, 0.15) is 5.82 Å². The molecule has 2 atom stereocenters. The Bertz CT molecular complexity index is 797. The number of amides is 2. The van der Waals surface area contributed by atoms with E-state index in [0.29, 0.717) is 12.2 Å². The zero-order valence-electron chi connectivity index (χ0n) is 14.2. The van der Waals surface area contributed by atoms with Gasteiger partial charge in [0, 0.05) is 24.6 Å². The number of aryl methyl sites for hydroxylation is 1. The zero-order valence-corrected chi connectivity index (χ0v) is 14.2. The number of benzene rings is 1. The van der Waals surface area contributed by atoms with E-state index in [-0.39, 0.29) is 17.9 Å². The molecule has 7 heteroatoms. The summed E-state index contributed by atoms with van der Waals surface area (Å²) >= 11 is 0. The topological polar surface area (TPSA) is 88.0 Å². The summed E-state index contributed by atoms with van der Waals surface area (Å²) in [6.07, 6.45) is 3.14. The number of anilines is 1. The van der Waals surface area contributed by atoms with Crippen molar-refractivity contribution >= 4 is 23.7 Å². The van der Waals surface area contributed by atoms with Crippen LogP contribution in [0.5, 0.6) is 0 Å². The van der Waals surface area contributed by atoms with E-state index < -0.39 is 6.29 Å². The van der Waals surface area contributed by atoms with Gasteiger partial charge in [-0.05, 0) is 25.5 Å². The number of nitrogens with zero attached hydrogens (tertiary/aromatic N) is 2. The molecule has 0 spiro atoms. The van der Waals surface area contributed by atoms with E-state index in [0.717, 1.165) is 11.3 Å². The first kappa shape index (κ1) is 16.9. The average Bonchev–Trinajstić information content (AvgIpc) is 2.93. The molecule has 2 heterocycles. The monoisotopic (exact) mass is 339 g/mol. The molecule has 0 aliphatic carbocycles. The summed E-state index contributed by atoms with van der Waals surface area (Å²) in [6.45, 7) is 3.77. The summed E-state index contributed by atoms with van der Waals surface area (Å²) in [6, 6.07) is 11.4. The molecule has 130 valence electrons. The van der Waals surface area contributed by atoms with Crippen molar-refractivity contribution in [3.63, 3.8) is 0 Å². The Morgan fingerprint density at radius 1 is 1.36 bits per heavy atom. The van der Waals surface area contributed by atoms with Crippen LogP contribution in [0.1, 0.15) is 30.9 Å². The van der Waals surface area contributed by atoms with Crippen molar-refractivity contribution in [3.05, 3.63) is 53.7 Å². The van der Waals surface area contributed by atoms with Crippen molar-refractivity contribution in [2.75, 3.05) is 5.32 Å². The van der Waals surface area contributed by atoms with Crippen LogP contribution in [0, 0.1) is 6.92 Å². The standard InChI is InChI=1S/C18H21N5O2/c1-12-11-17(25)21-18(19-12)23-15(10-13(2)22-23)20-16(24)9-8-14-6-4-3-5-7-14/h3-10,12,18-19H,11H2,1-2H3,(H,20,24)(H,21,25)/b9-8+. The second-order valence-corrected chi connectivity index (χ2v) is 6.09. The van der Waals surface area contributed by atoms with E-state index in [1.54, 1.807) is 16.8 Å². The predicted molar refractivity (Wildman–Crippen MR) is 95.5 cm³/mol. The number of rotatable bonds is 4. The highest BCUT2D eigenvalue weighted by Gasteiger charge is 2.26. The summed E-state index contributed by atoms with van der Waals surface area (Å²) in [7, 11) is 0. The van der Waals surface area contributed by atoms with Crippen LogP contribution >= 0.6 is 0 Å². The molecule has 0 bridgehead atoms. The number of carbonyl (C=O) groups is 2. The molecule has 1 fully saturated rings. The minimum atomic E-state index is -0.488. The highest BCUT2D eigenvalue weighted by atomic mass is 16.2. The molecule has 2 aromatic rings. The number of nitrogens with one attached hydrogen (secondary N) is 3. The third-order valence-corrected chi connectivity index (χ3v) is 3.81. The lowest BCUT2D eigenvalue weighted by molar-refractivity contribution is -0.125. The second-order valence-electron chi connectivity index (χ2n) is 6.09. The van der Waals surface area contributed by atoms with E-state index in [1.165, 1.54) is 6.08 Å². The summed E-state index contributed by atoms with van der Waals surface area (Å²) < 4.78 is 1.58. The van der Waals surface area contributed by atoms with E-state index in [9.17, 15) is 9.59 Å². The van der Waals surface area contributed by atoms with Gasteiger partial charge >= 0.3 is 0 Å². The third-order valence-electron chi connectivity index (χ3n) is 3.81. The molecule has 1 aromatic carbocycles. The molecule has 3 N–H and O–H groups in total. The first-order valence-electron chi connectivity index (χ1n) is 8.17. The predicted octanol–water partition coefficient (Wildman–Crippen LogP) is 1.80. The minimum absolute atomic E-state index is 0.0322. The Morgan fingerprint density at radius 2 is 2.12 bits per heavy atom. The van der Waals surface area contributed by atoms with Crippen molar-refractivity contribution in [2.45, 2.75) is 32.6 Å². The molecule has 7 nitrogen and oxygen atoms in total. The Hall–Kier alpha value is -2.93. The summed E-state index contributed by atoms with van der Waals surface area (Å²) in [4.78, 5) is 24.0. The molecule has 0 radical (unpaired) electrons. The van der Waals surface area contributed by atoms with E-state index in [1.807, 2.05) is 44.2 Å². The molecule has 25 heavy (non-hydrogen) atoms. The lowest BCUT2D eigenvalue weighted by Crippen LogP contribution is -2.52. The van der Waals surface area contributed by atoms with Crippen LogP contribution in [0.25, 0.3) is 6.08 Å². The Balaban J connectivity index is 1.73. The van der Waals surface area contributed by atoms with Gasteiger partial charge in [0.2, 0.25) is 11.8 Å². The number of carbonyl (C=O) groups excluding carboxylic acids is 2. The minimum Gasteiger partial charge on any atom is -0.322 e. The lowest BCUT2D eigenvalue weighted by atomic mass is 10.2. The van der Waals surface area contributed by atoms with Gasteiger partial charge in [0.15, 0.2) is 6.29 Å². The van der Waals surface area contributed by atoms with Crippen molar-refractivity contribution in [2.24, 2.45) is 0 Å². The van der Waals surface area contributed by atoms with E-state index >= 15 is 0 Å². The molecular formula is C18H21N5O2. The van der Waals surface area contributed by atoms with Crippen molar-refractivity contribution < 1.29 is 9.59 Å². The summed E-state index contributed by atoms with van der Waals surface area (Å²) in [5.41, 5.74) is 1.69. The third kappa shape index (κ3) is 4.33. The Morgan fingerprint density at radius 3 is 2.84 bits per heavy atom. The molecular weight excluding hydrogens is 318 g/mol. The van der Waals surface area contributed by atoms with Crippen molar-refractivity contribution in [1.82, 2.24) is 20.4 Å². The van der Waals surface area contributed by atoms with Crippen LogP contribution in [-0.2, 0) is 9.59 Å². The van der Waals surface area contributed by atoms with Crippen LogP contribution in [0.2, 0.25) is 0 Å². The molecule has 2 amide bonds. The van der Waals surface area contributed by atoms with Crippen LogP contribution in [0.3, 0.4) is 0 Å². The Labute approximate surface area is 146 Å². The first-order chi connectivity index (χ1) is 12.0. The fourth-order valence-corrected chi connectivity index (χ4v) is 2.70. The molecule has 0 saturated carbocycles. The fraction of sp³-hybridized carbons (Fsp3) is 0.278. The van der Waals surface area contributed by atoms with Crippen LogP contribution in [-0.4, -0.2) is 27.6 Å². The van der Waals surface area contributed by atoms with Gasteiger partial charge in [-0.1, -0.05) is 30.3 Å². The van der Waals surface area contributed by atoms with Gasteiger partial charge in [0.25, 0.3) is 0 Å². The quantitative estimate of drug-likeness (QED) is 0.741. The highest BCUT2D eigenvalue weighted by molar-refractivity contribution is 6.01. The molecule has 1 aliphatic heterocycles. The van der Waals surface area contributed by atoms with Gasteiger partial charge in [0.05, 0.1) is 5.69 Å². The molecule has 1 aromatic heterocycles. The molecule has 2 unspecified atom stereocenters. The van der Waals surface area contributed by atoms with Gasteiger partial charge in [-0.15, -0.1) is 0 Å². The Kier molecular flexibility index (Phi) is 4.95. The average molecular weight is 339 g/mol. The normalized spacial score (nSPS) is 20.5. The number of hydrogen-bond donors (Lipinski definition) is 3. The van der Waals surface area contributed by atoms with Crippen molar-refractivity contribution in [1.29, 1.82) is 0 Å². The van der Waals surface area contributed by atoms with Gasteiger partial charge in [-0.3, -0.25) is 14.9 Å². The van der Waals surface area contributed by atoms with Crippen LogP contribution < -0.4 is 16.0 Å². The largest absolute Gasteiger partial charge is 0.322 e. The fourth-order valence-electron chi connectivity index (χ4n) is 2.70. The smallest absolute Gasteiger partial charge is 0.249 e. The highest BCUT2D eigenvalue weighted by Crippen LogP contribution is 2.17. The van der Waals surface area contributed by atoms with E-state index in [4.69, 9.17) is 0 Å². The van der Waals surface area contributed by atoms with Gasteiger partial charge in [-0.2, -0.15) is 5.10 Å². The van der Waals surface area contributed by atoms with Crippen LogP contribution in [0.15, 0.2) is 42.5 Å². The van der Waals surface area contributed by atoms with Gasteiger partial charge in [-0.25, -0.2) is 4.68 Å². The zero-order chi connectivity index (χ0) is 17.8. The second kappa shape index (κ2) is 7.31. The van der Waals surface area contributed by atoms with Crippen molar-refractivity contribution in [3.8, 4) is 0 Å². The molecule has 1 saturated heterocycles. The summed E-state index contributed by atoms with van der Waals surface area (Å²) in [5, 5.41) is 13.3. The summed E-state index contributed by atoms with van der Waals surface area (Å²) in [5.74, 6) is 0.206. The van der Waals surface area contributed by atoms with Gasteiger partial charge < -0.3 is 10.6 Å². The maximum Gasteiger partial charge on any atom is 0.249 e.